The Labute approximate surface area is 108 Å². The van der Waals surface area contributed by atoms with E-state index in [0.29, 0.717) is 18.4 Å². The Hall–Kier alpha value is -0.220. The third-order valence-corrected chi connectivity index (χ3v) is 4.69. The fraction of sp³-hybridized carbons (Fsp3) is 1.00. The van der Waals surface area contributed by atoms with Crippen LogP contribution < -0.4 is 0 Å². The lowest BCUT2D eigenvalue weighted by molar-refractivity contribution is -0.0424. The molecular formula is C14H25F2NO. The average Bonchev–Trinajstić information content (AvgIpc) is 3.10. The summed E-state index contributed by atoms with van der Waals surface area (Å²) in [4.78, 5) is 1.92. The van der Waals surface area contributed by atoms with Crippen LogP contribution in [0.3, 0.4) is 0 Å². The summed E-state index contributed by atoms with van der Waals surface area (Å²) in [5.74, 6) is -0.325. The van der Waals surface area contributed by atoms with E-state index in [9.17, 15) is 8.78 Å². The predicted molar refractivity (Wildman–Crippen MR) is 67.7 cm³/mol. The second-order valence-corrected chi connectivity index (χ2v) is 6.00. The van der Waals surface area contributed by atoms with E-state index in [1.807, 2.05) is 4.90 Å². The highest BCUT2D eigenvalue weighted by Crippen LogP contribution is 2.49. The van der Waals surface area contributed by atoms with Crippen LogP contribution in [0.1, 0.15) is 39.0 Å². The SMILES string of the molecule is CCC(F)(F)CN1CCC([C@H]2C[C@H]2CCO)CC1. The molecule has 1 N–H and O–H groups in total. The van der Waals surface area contributed by atoms with Crippen molar-refractivity contribution in [3.63, 3.8) is 0 Å². The Balaban J connectivity index is 1.69. The second-order valence-electron chi connectivity index (χ2n) is 6.00. The zero-order valence-corrected chi connectivity index (χ0v) is 11.2. The minimum atomic E-state index is -2.52. The van der Waals surface area contributed by atoms with Gasteiger partial charge in [0, 0.05) is 13.0 Å². The Bertz CT molecular complexity index is 265. The fourth-order valence-electron chi connectivity index (χ4n) is 3.32. The molecule has 1 aliphatic carbocycles. The molecule has 2 rings (SSSR count). The third kappa shape index (κ3) is 3.64. The van der Waals surface area contributed by atoms with E-state index in [2.05, 4.69) is 0 Å². The summed E-state index contributed by atoms with van der Waals surface area (Å²) in [5.41, 5.74) is 0. The van der Waals surface area contributed by atoms with Crippen molar-refractivity contribution in [1.29, 1.82) is 0 Å². The van der Waals surface area contributed by atoms with Crippen LogP contribution in [0.15, 0.2) is 0 Å². The van der Waals surface area contributed by atoms with Crippen LogP contribution in [0.2, 0.25) is 0 Å². The molecule has 0 unspecified atom stereocenters. The van der Waals surface area contributed by atoms with E-state index in [1.54, 1.807) is 6.92 Å². The van der Waals surface area contributed by atoms with E-state index in [1.165, 1.54) is 6.42 Å². The number of piperidine rings is 1. The Morgan fingerprint density at radius 3 is 2.50 bits per heavy atom. The first kappa shape index (κ1) is 14.2. The van der Waals surface area contributed by atoms with Gasteiger partial charge in [-0.2, -0.15) is 0 Å². The summed E-state index contributed by atoms with van der Waals surface area (Å²) in [6.07, 6.45) is 4.24. The van der Waals surface area contributed by atoms with Gasteiger partial charge in [0.15, 0.2) is 0 Å². The lowest BCUT2D eigenvalue weighted by Crippen LogP contribution is -2.41. The van der Waals surface area contributed by atoms with Crippen LogP contribution in [0.4, 0.5) is 8.78 Å². The van der Waals surface area contributed by atoms with E-state index in [0.717, 1.165) is 38.3 Å². The molecule has 106 valence electrons. The smallest absolute Gasteiger partial charge is 0.260 e. The van der Waals surface area contributed by atoms with Gasteiger partial charge in [-0.3, -0.25) is 4.90 Å². The molecule has 0 spiro atoms. The first-order valence-electron chi connectivity index (χ1n) is 7.26. The largest absolute Gasteiger partial charge is 0.396 e. The molecule has 2 atom stereocenters. The summed E-state index contributed by atoms with van der Waals surface area (Å²) in [6.45, 7) is 3.42. The molecule has 1 saturated heterocycles. The number of aliphatic hydroxyl groups excluding tert-OH is 1. The van der Waals surface area contributed by atoms with Crippen molar-refractivity contribution >= 4 is 0 Å². The van der Waals surface area contributed by atoms with Gasteiger partial charge >= 0.3 is 0 Å². The summed E-state index contributed by atoms with van der Waals surface area (Å²) in [6, 6.07) is 0. The highest BCUT2D eigenvalue weighted by molar-refractivity contribution is 4.93. The molecule has 2 fully saturated rings. The molecule has 18 heavy (non-hydrogen) atoms. The van der Waals surface area contributed by atoms with Crippen molar-refractivity contribution in [2.45, 2.75) is 45.0 Å². The van der Waals surface area contributed by atoms with Gasteiger partial charge in [0.1, 0.15) is 0 Å². The monoisotopic (exact) mass is 261 g/mol. The van der Waals surface area contributed by atoms with Gasteiger partial charge in [0.05, 0.1) is 6.54 Å². The fourth-order valence-corrected chi connectivity index (χ4v) is 3.32. The van der Waals surface area contributed by atoms with Crippen molar-refractivity contribution < 1.29 is 13.9 Å². The summed E-state index contributed by atoms with van der Waals surface area (Å²) < 4.78 is 26.6. The van der Waals surface area contributed by atoms with Crippen LogP contribution in [0.25, 0.3) is 0 Å². The highest BCUT2D eigenvalue weighted by atomic mass is 19.3. The van der Waals surface area contributed by atoms with Gasteiger partial charge in [0.25, 0.3) is 5.92 Å². The molecule has 0 aromatic carbocycles. The Morgan fingerprint density at radius 1 is 1.28 bits per heavy atom. The quantitative estimate of drug-likeness (QED) is 0.794. The molecule has 0 amide bonds. The molecule has 1 aliphatic heterocycles. The minimum Gasteiger partial charge on any atom is -0.396 e. The van der Waals surface area contributed by atoms with Gasteiger partial charge in [-0.1, -0.05) is 6.92 Å². The highest BCUT2D eigenvalue weighted by Gasteiger charge is 2.43. The molecule has 0 bridgehead atoms. The predicted octanol–water partition coefficient (Wildman–Crippen LogP) is 2.76. The number of hydrogen-bond acceptors (Lipinski definition) is 2. The van der Waals surface area contributed by atoms with Crippen LogP contribution in [0, 0.1) is 17.8 Å². The molecule has 2 nitrogen and oxygen atoms in total. The third-order valence-electron chi connectivity index (χ3n) is 4.69. The first-order chi connectivity index (χ1) is 8.55. The minimum absolute atomic E-state index is 0.0614. The van der Waals surface area contributed by atoms with E-state index >= 15 is 0 Å². The van der Waals surface area contributed by atoms with Crippen molar-refractivity contribution in [3.05, 3.63) is 0 Å². The lowest BCUT2D eigenvalue weighted by atomic mass is 9.90. The molecule has 2 aliphatic rings. The molecule has 1 saturated carbocycles. The number of halogens is 2. The molecule has 4 heteroatoms. The second kappa shape index (κ2) is 5.83. The van der Waals surface area contributed by atoms with Crippen LogP contribution in [0.5, 0.6) is 0 Å². The van der Waals surface area contributed by atoms with Gasteiger partial charge < -0.3 is 5.11 Å². The van der Waals surface area contributed by atoms with Gasteiger partial charge in [0.2, 0.25) is 0 Å². The molecular weight excluding hydrogens is 236 g/mol. The summed E-state index contributed by atoms with van der Waals surface area (Å²) in [5, 5.41) is 8.90. The van der Waals surface area contributed by atoms with Gasteiger partial charge in [-0.15, -0.1) is 0 Å². The standard InChI is InChI=1S/C14H25F2NO/c1-2-14(15,16)10-17-6-3-11(4-7-17)13-9-12(13)5-8-18/h11-13,18H,2-10H2,1H3/t12-,13-/m1/s1. The maximum absolute atomic E-state index is 13.3. The number of hydrogen-bond donors (Lipinski definition) is 1. The van der Waals surface area contributed by atoms with Crippen LogP contribution in [-0.2, 0) is 0 Å². The number of aliphatic hydroxyl groups is 1. The van der Waals surface area contributed by atoms with Crippen molar-refractivity contribution in [1.82, 2.24) is 4.90 Å². The topological polar surface area (TPSA) is 23.5 Å². The lowest BCUT2D eigenvalue weighted by Gasteiger charge is -2.34. The van der Waals surface area contributed by atoms with Gasteiger partial charge in [-0.25, -0.2) is 8.78 Å². The average molecular weight is 261 g/mol. The normalized spacial score (nSPS) is 30.7. The Kier molecular flexibility index (Phi) is 4.59. The zero-order valence-electron chi connectivity index (χ0n) is 11.2. The van der Waals surface area contributed by atoms with Crippen LogP contribution in [-0.4, -0.2) is 42.2 Å². The van der Waals surface area contributed by atoms with E-state index in [-0.39, 0.29) is 13.0 Å². The number of likely N-dealkylation sites (tertiary alicyclic amines) is 1. The molecule has 1 heterocycles. The number of nitrogens with zero attached hydrogens (tertiary/aromatic N) is 1. The van der Waals surface area contributed by atoms with Gasteiger partial charge in [-0.05, 0) is 56.5 Å². The summed E-state index contributed by atoms with van der Waals surface area (Å²) in [7, 11) is 0. The van der Waals surface area contributed by atoms with Crippen molar-refractivity contribution in [2.75, 3.05) is 26.2 Å². The molecule has 0 aromatic heterocycles. The number of rotatable bonds is 6. The molecule has 0 aromatic rings. The maximum Gasteiger partial charge on any atom is 0.260 e. The van der Waals surface area contributed by atoms with Crippen molar-refractivity contribution in [2.24, 2.45) is 17.8 Å². The summed E-state index contributed by atoms with van der Waals surface area (Å²) >= 11 is 0. The van der Waals surface area contributed by atoms with E-state index in [4.69, 9.17) is 5.11 Å². The zero-order chi connectivity index (χ0) is 13.2. The first-order valence-corrected chi connectivity index (χ1v) is 7.26. The van der Waals surface area contributed by atoms with Crippen molar-refractivity contribution in [3.8, 4) is 0 Å². The maximum atomic E-state index is 13.3. The number of alkyl halides is 2. The Morgan fingerprint density at radius 2 is 1.94 bits per heavy atom. The molecule has 0 radical (unpaired) electrons. The van der Waals surface area contributed by atoms with E-state index < -0.39 is 5.92 Å². The van der Waals surface area contributed by atoms with Crippen LogP contribution >= 0.6 is 0 Å².